The van der Waals surface area contributed by atoms with Gasteiger partial charge >= 0.3 is 0 Å². The zero-order chi connectivity index (χ0) is 17.0. The van der Waals surface area contributed by atoms with Crippen LogP contribution >= 0.6 is 23.2 Å². The van der Waals surface area contributed by atoms with E-state index >= 15 is 0 Å². The van der Waals surface area contributed by atoms with E-state index in [1.165, 1.54) is 6.42 Å². The van der Waals surface area contributed by atoms with Crippen molar-refractivity contribution in [1.82, 2.24) is 10.5 Å². The molecule has 2 heterocycles. The summed E-state index contributed by atoms with van der Waals surface area (Å²) >= 11 is 12.8. The number of nitrogens with one attached hydrogen (secondary N) is 1. The van der Waals surface area contributed by atoms with Crippen molar-refractivity contribution in [2.75, 3.05) is 6.54 Å². The number of rotatable bonds is 5. The smallest absolute Gasteiger partial charge is 0.145 e. The van der Waals surface area contributed by atoms with Crippen LogP contribution in [0.25, 0.3) is 11.3 Å². The van der Waals surface area contributed by atoms with Gasteiger partial charge in [0.25, 0.3) is 0 Å². The van der Waals surface area contributed by atoms with Gasteiger partial charge in [0.2, 0.25) is 0 Å². The molecule has 1 aliphatic heterocycles. The molecule has 3 aliphatic rings. The van der Waals surface area contributed by atoms with E-state index in [0.717, 1.165) is 48.4 Å². The summed E-state index contributed by atoms with van der Waals surface area (Å²) in [5.74, 6) is 2.04. The first-order chi connectivity index (χ1) is 12.2. The summed E-state index contributed by atoms with van der Waals surface area (Å²) in [7, 11) is 0. The molecule has 5 rings (SSSR count). The Morgan fingerprint density at radius 2 is 2.00 bits per heavy atom. The van der Waals surface area contributed by atoms with Crippen molar-refractivity contribution >= 4 is 23.2 Å². The van der Waals surface area contributed by atoms with E-state index in [2.05, 4.69) is 10.5 Å². The van der Waals surface area contributed by atoms with Crippen molar-refractivity contribution in [2.45, 2.75) is 50.4 Å². The van der Waals surface area contributed by atoms with Crippen molar-refractivity contribution in [3.05, 3.63) is 39.6 Å². The highest BCUT2D eigenvalue weighted by molar-refractivity contribution is 6.39. The fraction of sp³-hybridized carbons (Fsp3) is 0.526. The predicted octanol–water partition coefficient (Wildman–Crippen LogP) is 4.79. The van der Waals surface area contributed by atoms with Crippen LogP contribution in [0.1, 0.15) is 42.9 Å². The molecule has 1 aromatic carbocycles. The molecule has 3 fully saturated rings. The van der Waals surface area contributed by atoms with Gasteiger partial charge in [0.15, 0.2) is 0 Å². The molecule has 4 nitrogen and oxygen atoms in total. The van der Waals surface area contributed by atoms with Gasteiger partial charge in [-0.25, -0.2) is 0 Å². The molecular formula is C19H20Cl2N2O2. The van der Waals surface area contributed by atoms with Crippen LogP contribution in [0, 0.1) is 5.92 Å². The molecule has 3 atom stereocenters. The molecule has 3 unspecified atom stereocenters. The van der Waals surface area contributed by atoms with Gasteiger partial charge < -0.3 is 14.6 Å². The standard InChI is InChI=1S/C19H20Cl2N2O2/c20-14-2-1-3-15(21)17(14)18-13(19(25-23-18)10-4-5-10)9-24-16-7-12-6-11(16)8-22-12/h1-3,10-12,16,22H,4-9H2. The third-order valence-corrected chi connectivity index (χ3v) is 6.34. The highest BCUT2D eigenvalue weighted by Gasteiger charge is 2.41. The van der Waals surface area contributed by atoms with Crippen molar-refractivity contribution in [2.24, 2.45) is 5.92 Å². The van der Waals surface area contributed by atoms with Crippen LogP contribution in [-0.4, -0.2) is 23.8 Å². The second-order valence-corrected chi connectivity index (χ2v) is 8.25. The lowest BCUT2D eigenvalue weighted by molar-refractivity contribution is 0.00914. The second-order valence-electron chi connectivity index (χ2n) is 7.43. The third kappa shape index (κ3) is 2.89. The highest BCUT2D eigenvalue weighted by atomic mass is 35.5. The molecule has 2 aromatic rings. The largest absolute Gasteiger partial charge is 0.373 e. The molecule has 1 aromatic heterocycles. The van der Waals surface area contributed by atoms with Crippen molar-refractivity contribution < 1.29 is 9.26 Å². The third-order valence-electron chi connectivity index (χ3n) is 5.71. The SMILES string of the molecule is Clc1cccc(Cl)c1-c1noc(C2CC2)c1COC1CC2CC1CN2. The molecule has 1 saturated heterocycles. The number of nitrogens with zero attached hydrogens (tertiary/aromatic N) is 1. The number of ether oxygens (including phenoxy) is 1. The lowest BCUT2D eigenvalue weighted by Crippen LogP contribution is -2.34. The minimum Gasteiger partial charge on any atom is -0.373 e. The molecule has 132 valence electrons. The Bertz CT molecular complexity index is 782. The Hall–Kier alpha value is -1.07. The fourth-order valence-electron chi connectivity index (χ4n) is 4.23. The van der Waals surface area contributed by atoms with E-state index in [9.17, 15) is 0 Å². The highest BCUT2D eigenvalue weighted by Crippen LogP contribution is 2.46. The summed E-state index contributed by atoms with van der Waals surface area (Å²) in [4.78, 5) is 0. The summed E-state index contributed by atoms with van der Waals surface area (Å²) in [5, 5.41) is 9.03. The number of halogens is 2. The molecule has 0 amide bonds. The zero-order valence-electron chi connectivity index (χ0n) is 13.8. The first kappa shape index (κ1) is 16.1. The van der Waals surface area contributed by atoms with E-state index < -0.39 is 0 Å². The Morgan fingerprint density at radius 3 is 2.64 bits per heavy atom. The minimum absolute atomic E-state index is 0.322. The van der Waals surface area contributed by atoms with Crippen LogP contribution in [0.5, 0.6) is 0 Å². The van der Waals surface area contributed by atoms with E-state index in [1.807, 2.05) is 18.2 Å². The average molecular weight is 379 g/mol. The molecule has 1 N–H and O–H groups in total. The van der Waals surface area contributed by atoms with Gasteiger partial charge in [-0.1, -0.05) is 34.4 Å². The van der Waals surface area contributed by atoms with Crippen LogP contribution in [0.2, 0.25) is 10.0 Å². The lowest BCUT2D eigenvalue weighted by Gasteiger charge is -2.23. The molecule has 2 saturated carbocycles. The average Bonchev–Trinajstić information content (AvgIpc) is 3.03. The van der Waals surface area contributed by atoms with Crippen LogP contribution in [0.15, 0.2) is 22.7 Å². The van der Waals surface area contributed by atoms with Gasteiger partial charge in [-0.2, -0.15) is 0 Å². The minimum atomic E-state index is 0.322. The van der Waals surface area contributed by atoms with Crippen LogP contribution in [0.3, 0.4) is 0 Å². The summed E-state index contributed by atoms with van der Waals surface area (Å²) in [6, 6.07) is 6.13. The van der Waals surface area contributed by atoms with Gasteiger partial charge in [0.1, 0.15) is 11.5 Å². The quantitative estimate of drug-likeness (QED) is 0.811. The first-order valence-electron chi connectivity index (χ1n) is 8.98. The van der Waals surface area contributed by atoms with Crippen LogP contribution < -0.4 is 5.32 Å². The van der Waals surface area contributed by atoms with Gasteiger partial charge in [-0.05, 0) is 43.7 Å². The number of aromatic nitrogens is 1. The summed E-state index contributed by atoms with van der Waals surface area (Å²) in [5.41, 5.74) is 2.50. The number of hydrogen-bond donors (Lipinski definition) is 1. The predicted molar refractivity (Wildman–Crippen MR) is 97.0 cm³/mol. The van der Waals surface area contributed by atoms with Crippen LogP contribution in [-0.2, 0) is 11.3 Å². The van der Waals surface area contributed by atoms with Crippen molar-refractivity contribution in [3.8, 4) is 11.3 Å². The Morgan fingerprint density at radius 1 is 1.20 bits per heavy atom. The monoisotopic (exact) mass is 378 g/mol. The Kier molecular flexibility index (Phi) is 4.05. The van der Waals surface area contributed by atoms with Crippen molar-refractivity contribution in [3.63, 3.8) is 0 Å². The molecule has 6 heteroatoms. The van der Waals surface area contributed by atoms with Gasteiger partial charge in [0, 0.05) is 29.6 Å². The maximum Gasteiger partial charge on any atom is 0.145 e. The first-order valence-corrected chi connectivity index (χ1v) is 9.74. The van der Waals surface area contributed by atoms with Gasteiger partial charge in [0.05, 0.1) is 22.8 Å². The summed E-state index contributed by atoms with van der Waals surface area (Å²) in [6.07, 6.45) is 4.94. The molecular weight excluding hydrogens is 359 g/mol. The van der Waals surface area contributed by atoms with Gasteiger partial charge in [-0.15, -0.1) is 0 Å². The zero-order valence-corrected chi connectivity index (χ0v) is 15.3. The van der Waals surface area contributed by atoms with E-state index in [4.69, 9.17) is 32.5 Å². The van der Waals surface area contributed by atoms with E-state index in [-0.39, 0.29) is 0 Å². The van der Waals surface area contributed by atoms with E-state index in [0.29, 0.717) is 40.6 Å². The lowest BCUT2D eigenvalue weighted by atomic mass is 10.0. The normalized spacial score (nSPS) is 28.0. The maximum absolute atomic E-state index is 6.40. The topological polar surface area (TPSA) is 47.3 Å². The molecule has 0 radical (unpaired) electrons. The molecule has 0 spiro atoms. The Balaban J connectivity index is 1.46. The summed E-state index contributed by atoms with van der Waals surface area (Å²) < 4.78 is 12.0. The fourth-order valence-corrected chi connectivity index (χ4v) is 4.80. The Labute approximate surface area is 156 Å². The molecule has 2 bridgehead atoms. The number of piperidine rings is 1. The maximum atomic E-state index is 6.40. The van der Waals surface area contributed by atoms with Crippen LogP contribution in [0.4, 0.5) is 0 Å². The molecule has 2 aliphatic carbocycles. The van der Waals surface area contributed by atoms with E-state index in [1.54, 1.807) is 0 Å². The number of benzene rings is 1. The molecule has 25 heavy (non-hydrogen) atoms. The number of fused-ring (bicyclic) bond motifs is 2. The van der Waals surface area contributed by atoms with Gasteiger partial charge in [-0.3, -0.25) is 0 Å². The summed E-state index contributed by atoms with van der Waals surface area (Å²) in [6.45, 7) is 1.58. The van der Waals surface area contributed by atoms with Crippen molar-refractivity contribution in [1.29, 1.82) is 0 Å². The second kappa shape index (κ2) is 6.27. The number of hydrogen-bond acceptors (Lipinski definition) is 4.